The Hall–Kier alpha value is -1.36. The van der Waals surface area contributed by atoms with Gasteiger partial charge in [-0.15, -0.1) is 11.3 Å². The molecule has 2 amide bonds. The van der Waals surface area contributed by atoms with Gasteiger partial charge in [-0.05, 0) is 12.1 Å². The number of rotatable bonds is 4. The van der Waals surface area contributed by atoms with Crippen molar-refractivity contribution in [3.8, 4) is 0 Å². The highest BCUT2D eigenvalue weighted by molar-refractivity contribution is 7.20. The third kappa shape index (κ3) is 2.05. The molecule has 0 radical (unpaired) electrons. The minimum absolute atomic E-state index is 0.594. The largest absolute Gasteiger partial charge is 0.320 e. The topological polar surface area (TPSA) is 58.2 Å². The van der Waals surface area contributed by atoms with Gasteiger partial charge in [0.25, 0.3) is 0 Å². The summed E-state index contributed by atoms with van der Waals surface area (Å²) in [5, 5.41) is 6.36. The Kier molecular flexibility index (Phi) is 2.62. The number of carbonyl (C=O) groups excluding carboxylic acids is 2. The summed E-state index contributed by atoms with van der Waals surface area (Å²) >= 11 is 1.30. The highest BCUT2D eigenvalue weighted by Crippen LogP contribution is 2.25. The van der Waals surface area contributed by atoms with Crippen LogP contribution < -0.4 is 10.6 Å². The third-order valence-corrected chi connectivity index (χ3v) is 1.96. The standard InChI is InChI=1S/C6H6N2O2S/c9-3-7-5-1-2-6(11-5)8-4-10/h1-4H,(H,7,9)(H,8,10). The fraction of sp³-hybridized carbons (Fsp3) is 0. The molecule has 1 aromatic heterocycles. The van der Waals surface area contributed by atoms with Crippen molar-refractivity contribution in [1.82, 2.24) is 0 Å². The zero-order valence-electron chi connectivity index (χ0n) is 5.53. The summed E-state index contributed by atoms with van der Waals surface area (Å²) in [5.74, 6) is 0. The molecule has 5 heteroatoms. The van der Waals surface area contributed by atoms with Gasteiger partial charge < -0.3 is 10.6 Å². The van der Waals surface area contributed by atoms with Crippen LogP contribution >= 0.6 is 11.3 Å². The summed E-state index contributed by atoms with van der Waals surface area (Å²) < 4.78 is 0. The molecule has 1 rings (SSSR count). The molecule has 0 aliphatic rings. The summed E-state index contributed by atoms with van der Waals surface area (Å²) in [5.41, 5.74) is 0. The molecule has 0 aliphatic heterocycles. The van der Waals surface area contributed by atoms with Crippen LogP contribution in [0.2, 0.25) is 0 Å². The van der Waals surface area contributed by atoms with E-state index in [0.29, 0.717) is 22.8 Å². The summed E-state index contributed by atoms with van der Waals surface area (Å²) in [7, 11) is 0. The van der Waals surface area contributed by atoms with Gasteiger partial charge in [0.1, 0.15) is 0 Å². The summed E-state index contributed by atoms with van der Waals surface area (Å²) in [6.45, 7) is 0. The summed E-state index contributed by atoms with van der Waals surface area (Å²) in [6, 6.07) is 3.43. The van der Waals surface area contributed by atoms with Crippen LogP contribution in [0.1, 0.15) is 0 Å². The molecule has 2 N–H and O–H groups in total. The van der Waals surface area contributed by atoms with Crippen molar-refractivity contribution >= 4 is 34.2 Å². The van der Waals surface area contributed by atoms with E-state index in [4.69, 9.17) is 0 Å². The molecule has 4 nitrogen and oxygen atoms in total. The normalized spacial score (nSPS) is 8.73. The average molecular weight is 170 g/mol. The molecule has 11 heavy (non-hydrogen) atoms. The first-order chi connectivity index (χ1) is 5.36. The summed E-state index contributed by atoms with van der Waals surface area (Å²) in [4.78, 5) is 19.9. The van der Waals surface area contributed by atoms with Crippen molar-refractivity contribution in [2.75, 3.05) is 10.6 Å². The van der Waals surface area contributed by atoms with Crippen molar-refractivity contribution in [2.45, 2.75) is 0 Å². The van der Waals surface area contributed by atoms with Crippen LogP contribution in [0.3, 0.4) is 0 Å². The third-order valence-electron chi connectivity index (χ3n) is 1.01. The smallest absolute Gasteiger partial charge is 0.212 e. The second-order valence-corrected chi connectivity index (χ2v) is 2.77. The second kappa shape index (κ2) is 3.72. The van der Waals surface area contributed by atoms with Crippen LogP contribution in [-0.4, -0.2) is 12.8 Å². The minimum Gasteiger partial charge on any atom is -0.320 e. The average Bonchev–Trinajstić information content (AvgIpc) is 2.38. The maximum atomic E-state index is 9.95. The molecular formula is C6H6N2O2S. The molecule has 0 saturated heterocycles. The van der Waals surface area contributed by atoms with Crippen molar-refractivity contribution in [3.63, 3.8) is 0 Å². The highest BCUT2D eigenvalue weighted by Gasteiger charge is 1.95. The van der Waals surface area contributed by atoms with Gasteiger partial charge in [-0.2, -0.15) is 0 Å². The van der Waals surface area contributed by atoms with Gasteiger partial charge in [-0.1, -0.05) is 0 Å². The number of nitrogens with one attached hydrogen (secondary N) is 2. The second-order valence-electron chi connectivity index (χ2n) is 1.69. The number of thiophene rings is 1. The molecule has 0 bridgehead atoms. The molecule has 1 heterocycles. The van der Waals surface area contributed by atoms with E-state index in [1.807, 2.05) is 0 Å². The van der Waals surface area contributed by atoms with Crippen molar-refractivity contribution in [1.29, 1.82) is 0 Å². The van der Waals surface area contributed by atoms with E-state index in [1.165, 1.54) is 11.3 Å². The molecule has 1 aromatic rings. The van der Waals surface area contributed by atoms with Gasteiger partial charge >= 0.3 is 0 Å². The van der Waals surface area contributed by atoms with Crippen molar-refractivity contribution < 1.29 is 9.59 Å². The number of amides is 2. The van der Waals surface area contributed by atoms with E-state index in [0.717, 1.165) is 0 Å². The van der Waals surface area contributed by atoms with Crippen LogP contribution in [0.15, 0.2) is 12.1 Å². The molecule has 0 unspecified atom stereocenters. The molecule has 0 aromatic carbocycles. The van der Waals surface area contributed by atoms with E-state index in [9.17, 15) is 9.59 Å². The summed E-state index contributed by atoms with van der Waals surface area (Å²) in [6.07, 6.45) is 1.19. The van der Waals surface area contributed by atoms with Crippen molar-refractivity contribution in [3.05, 3.63) is 12.1 Å². The van der Waals surface area contributed by atoms with E-state index in [2.05, 4.69) is 10.6 Å². The zero-order chi connectivity index (χ0) is 8.10. The first-order valence-corrected chi connectivity index (χ1v) is 3.68. The van der Waals surface area contributed by atoms with Gasteiger partial charge in [0.2, 0.25) is 12.8 Å². The Morgan fingerprint density at radius 3 is 1.91 bits per heavy atom. The number of carbonyl (C=O) groups is 2. The molecular weight excluding hydrogens is 164 g/mol. The fourth-order valence-electron chi connectivity index (χ4n) is 0.609. The van der Waals surface area contributed by atoms with E-state index >= 15 is 0 Å². The lowest BCUT2D eigenvalue weighted by atomic mass is 10.6. The first-order valence-electron chi connectivity index (χ1n) is 2.87. The SMILES string of the molecule is O=CNc1ccc(NC=O)s1. The molecule has 0 saturated carbocycles. The van der Waals surface area contributed by atoms with Crippen LogP contribution in [-0.2, 0) is 9.59 Å². The minimum atomic E-state index is 0.594. The molecule has 0 aliphatic carbocycles. The number of anilines is 2. The zero-order valence-corrected chi connectivity index (χ0v) is 6.35. The van der Waals surface area contributed by atoms with Gasteiger partial charge in [0.15, 0.2) is 0 Å². The van der Waals surface area contributed by atoms with E-state index in [1.54, 1.807) is 12.1 Å². The van der Waals surface area contributed by atoms with E-state index < -0.39 is 0 Å². The number of hydrogen-bond donors (Lipinski definition) is 2. The van der Waals surface area contributed by atoms with Gasteiger partial charge in [0, 0.05) is 0 Å². The van der Waals surface area contributed by atoms with E-state index in [-0.39, 0.29) is 0 Å². The molecule has 0 atom stereocenters. The van der Waals surface area contributed by atoms with Crippen LogP contribution in [0.4, 0.5) is 10.0 Å². The fourth-order valence-corrected chi connectivity index (χ4v) is 1.33. The van der Waals surface area contributed by atoms with Crippen LogP contribution in [0.5, 0.6) is 0 Å². The first kappa shape index (κ1) is 7.74. The predicted octanol–water partition coefficient (Wildman–Crippen LogP) is 0.885. The maximum Gasteiger partial charge on any atom is 0.212 e. The van der Waals surface area contributed by atoms with Gasteiger partial charge in [-0.25, -0.2) is 0 Å². The van der Waals surface area contributed by atoms with Crippen LogP contribution in [0.25, 0.3) is 0 Å². The molecule has 58 valence electrons. The Bertz CT molecular complexity index is 234. The Balaban J connectivity index is 2.64. The maximum absolute atomic E-state index is 9.95. The predicted molar refractivity (Wildman–Crippen MR) is 43.7 cm³/mol. The monoisotopic (exact) mass is 170 g/mol. The quantitative estimate of drug-likeness (QED) is 0.659. The molecule has 0 spiro atoms. The van der Waals surface area contributed by atoms with Crippen LogP contribution in [0, 0.1) is 0 Å². The lowest BCUT2D eigenvalue weighted by Crippen LogP contribution is -1.90. The molecule has 0 fully saturated rings. The lowest BCUT2D eigenvalue weighted by Gasteiger charge is -1.89. The van der Waals surface area contributed by atoms with Crippen molar-refractivity contribution in [2.24, 2.45) is 0 Å². The highest BCUT2D eigenvalue weighted by atomic mass is 32.1. The Morgan fingerprint density at radius 2 is 1.55 bits per heavy atom. The number of hydrogen-bond acceptors (Lipinski definition) is 3. The lowest BCUT2D eigenvalue weighted by molar-refractivity contribution is -0.106. The van der Waals surface area contributed by atoms with Gasteiger partial charge in [-0.3, -0.25) is 9.59 Å². The van der Waals surface area contributed by atoms with Gasteiger partial charge in [0.05, 0.1) is 10.0 Å². The Morgan fingerprint density at radius 1 is 1.09 bits per heavy atom. The Labute approximate surface area is 67.2 Å².